The zero-order chi connectivity index (χ0) is 10.6. The van der Waals surface area contributed by atoms with Gasteiger partial charge in [-0.05, 0) is 12.3 Å². The molecule has 0 spiro atoms. The van der Waals surface area contributed by atoms with Crippen molar-refractivity contribution in [1.82, 2.24) is 5.32 Å². The summed E-state index contributed by atoms with van der Waals surface area (Å²) in [4.78, 5) is 22.0. The minimum Gasteiger partial charge on any atom is -0.468 e. The number of esters is 1. The number of allylic oxidation sites excluding steroid dienone is 2. The van der Waals surface area contributed by atoms with Crippen molar-refractivity contribution in [2.75, 3.05) is 13.7 Å². The average Bonchev–Trinajstić information content (AvgIpc) is 2.12. The maximum Gasteiger partial charge on any atom is 0.325 e. The number of ether oxygens (including phenoxy) is 1. The Balaban J connectivity index is 2.44. The topological polar surface area (TPSA) is 55.4 Å². The molecule has 78 valence electrons. The van der Waals surface area contributed by atoms with Crippen LogP contribution in [0.1, 0.15) is 19.8 Å². The van der Waals surface area contributed by atoms with Crippen LogP contribution in [0.5, 0.6) is 0 Å². The normalized spacial score (nSPS) is 21.4. The van der Waals surface area contributed by atoms with E-state index in [2.05, 4.69) is 10.1 Å². The smallest absolute Gasteiger partial charge is 0.325 e. The van der Waals surface area contributed by atoms with Gasteiger partial charge in [-0.2, -0.15) is 0 Å². The zero-order valence-corrected chi connectivity index (χ0v) is 8.50. The van der Waals surface area contributed by atoms with Crippen LogP contribution in [-0.2, 0) is 14.3 Å². The molecule has 14 heavy (non-hydrogen) atoms. The Morgan fingerprint density at radius 3 is 2.93 bits per heavy atom. The standard InChI is InChI=1S/C10H15NO3/c1-7-3-8(5-9(12)4-7)11-6-10(13)14-2/h5,7,11H,3-4,6H2,1-2H3. The maximum absolute atomic E-state index is 11.2. The van der Waals surface area contributed by atoms with E-state index in [1.165, 1.54) is 7.11 Å². The van der Waals surface area contributed by atoms with Gasteiger partial charge < -0.3 is 10.1 Å². The van der Waals surface area contributed by atoms with Gasteiger partial charge in [-0.15, -0.1) is 0 Å². The summed E-state index contributed by atoms with van der Waals surface area (Å²) in [6, 6.07) is 0. The Bertz CT molecular complexity index is 271. The number of hydrogen-bond donors (Lipinski definition) is 1. The van der Waals surface area contributed by atoms with Crippen LogP contribution in [0.25, 0.3) is 0 Å². The second kappa shape index (κ2) is 4.79. The van der Waals surface area contributed by atoms with E-state index in [9.17, 15) is 9.59 Å². The lowest BCUT2D eigenvalue weighted by molar-refractivity contribution is -0.139. The molecule has 0 aromatic rings. The van der Waals surface area contributed by atoms with Crippen LogP contribution in [-0.4, -0.2) is 25.4 Å². The largest absolute Gasteiger partial charge is 0.468 e. The predicted molar refractivity (Wildman–Crippen MR) is 51.5 cm³/mol. The average molecular weight is 197 g/mol. The van der Waals surface area contributed by atoms with E-state index in [0.29, 0.717) is 12.3 Å². The molecule has 0 bridgehead atoms. The van der Waals surface area contributed by atoms with Crippen LogP contribution in [0.4, 0.5) is 0 Å². The first-order chi connectivity index (χ1) is 6.61. The number of nitrogens with one attached hydrogen (secondary N) is 1. The van der Waals surface area contributed by atoms with Gasteiger partial charge in [0.25, 0.3) is 0 Å². The molecule has 0 aliphatic heterocycles. The van der Waals surface area contributed by atoms with Crippen molar-refractivity contribution in [3.8, 4) is 0 Å². The summed E-state index contributed by atoms with van der Waals surface area (Å²) in [6.45, 7) is 2.15. The maximum atomic E-state index is 11.2. The summed E-state index contributed by atoms with van der Waals surface area (Å²) in [5, 5.41) is 2.90. The minimum atomic E-state index is -0.323. The monoisotopic (exact) mass is 197 g/mol. The molecule has 4 heteroatoms. The fraction of sp³-hybridized carbons (Fsp3) is 0.600. The third-order valence-electron chi connectivity index (χ3n) is 2.14. The van der Waals surface area contributed by atoms with E-state index in [1.807, 2.05) is 6.92 Å². The first kappa shape index (κ1) is 10.8. The highest BCUT2D eigenvalue weighted by Gasteiger charge is 2.16. The van der Waals surface area contributed by atoms with E-state index >= 15 is 0 Å². The quantitative estimate of drug-likeness (QED) is 0.674. The van der Waals surface area contributed by atoms with E-state index in [0.717, 1.165) is 12.1 Å². The van der Waals surface area contributed by atoms with Crippen molar-refractivity contribution < 1.29 is 14.3 Å². The lowest BCUT2D eigenvalue weighted by atomic mass is 9.93. The van der Waals surface area contributed by atoms with Crippen LogP contribution < -0.4 is 5.32 Å². The molecule has 1 aliphatic rings. The molecule has 0 saturated heterocycles. The van der Waals surface area contributed by atoms with Crippen LogP contribution in [0.3, 0.4) is 0 Å². The van der Waals surface area contributed by atoms with Crippen molar-refractivity contribution in [2.24, 2.45) is 5.92 Å². The molecule has 0 radical (unpaired) electrons. The van der Waals surface area contributed by atoms with Crippen molar-refractivity contribution in [3.63, 3.8) is 0 Å². The van der Waals surface area contributed by atoms with Gasteiger partial charge in [0, 0.05) is 18.2 Å². The molecule has 4 nitrogen and oxygen atoms in total. The van der Waals surface area contributed by atoms with Crippen LogP contribution in [0, 0.1) is 5.92 Å². The highest BCUT2D eigenvalue weighted by Crippen LogP contribution is 2.19. The Morgan fingerprint density at radius 1 is 1.64 bits per heavy atom. The van der Waals surface area contributed by atoms with Crippen molar-refractivity contribution in [1.29, 1.82) is 0 Å². The molecular weight excluding hydrogens is 182 g/mol. The van der Waals surface area contributed by atoms with Gasteiger partial charge in [-0.25, -0.2) is 0 Å². The number of hydrogen-bond acceptors (Lipinski definition) is 4. The summed E-state index contributed by atoms with van der Waals surface area (Å²) in [5.41, 5.74) is 0.833. The van der Waals surface area contributed by atoms with E-state index < -0.39 is 0 Å². The number of ketones is 1. The second-order valence-electron chi connectivity index (χ2n) is 3.58. The summed E-state index contributed by atoms with van der Waals surface area (Å²) in [7, 11) is 1.34. The van der Waals surface area contributed by atoms with E-state index in [1.54, 1.807) is 6.08 Å². The fourth-order valence-corrected chi connectivity index (χ4v) is 1.48. The molecular formula is C10H15NO3. The highest BCUT2D eigenvalue weighted by molar-refractivity contribution is 5.91. The van der Waals surface area contributed by atoms with Gasteiger partial charge in [-0.3, -0.25) is 9.59 Å². The Labute approximate surface area is 83.3 Å². The predicted octanol–water partition coefficient (Wildman–Crippen LogP) is 0.632. The summed E-state index contributed by atoms with van der Waals surface area (Å²) < 4.78 is 4.48. The van der Waals surface area contributed by atoms with Gasteiger partial charge in [0.1, 0.15) is 6.54 Å². The Hall–Kier alpha value is -1.32. The molecule has 1 atom stereocenters. The summed E-state index contributed by atoms with van der Waals surface area (Å²) >= 11 is 0. The van der Waals surface area contributed by atoms with E-state index in [-0.39, 0.29) is 18.3 Å². The minimum absolute atomic E-state index is 0.121. The SMILES string of the molecule is COC(=O)CNC1=CC(=O)CC(C)C1. The van der Waals surface area contributed by atoms with Gasteiger partial charge in [0.15, 0.2) is 5.78 Å². The van der Waals surface area contributed by atoms with Crippen LogP contribution in [0.2, 0.25) is 0 Å². The van der Waals surface area contributed by atoms with Crippen molar-refractivity contribution >= 4 is 11.8 Å². The molecule has 1 aliphatic carbocycles. The third-order valence-corrected chi connectivity index (χ3v) is 2.14. The molecule has 0 saturated carbocycles. The first-order valence-electron chi connectivity index (χ1n) is 4.66. The molecule has 0 aromatic heterocycles. The van der Waals surface area contributed by atoms with Crippen LogP contribution >= 0.6 is 0 Å². The number of carbonyl (C=O) groups excluding carboxylic acids is 2. The number of rotatable bonds is 3. The van der Waals surface area contributed by atoms with Crippen molar-refractivity contribution in [3.05, 3.63) is 11.8 Å². The van der Waals surface area contributed by atoms with Gasteiger partial charge in [0.05, 0.1) is 7.11 Å². The zero-order valence-electron chi connectivity index (χ0n) is 8.50. The lowest BCUT2D eigenvalue weighted by Crippen LogP contribution is -2.27. The molecule has 1 rings (SSSR count). The first-order valence-corrected chi connectivity index (χ1v) is 4.66. The fourth-order valence-electron chi connectivity index (χ4n) is 1.48. The lowest BCUT2D eigenvalue weighted by Gasteiger charge is -2.18. The molecule has 0 aromatic carbocycles. The Morgan fingerprint density at radius 2 is 2.36 bits per heavy atom. The van der Waals surface area contributed by atoms with Gasteiger partial charge in [0.2, 0.25) is 0 Å². The summed E-state index contributed by atoms with van der Waals surface area (Å²) in [6.07, 6.45) is 3.00. The van der Waals surface area contributed by atoms with E-state index in [4.69, 9.17) is 0 Å². The summed E-state index contributed by atoms with van der Waals surface area (Å²) in [5.74, 6) is 0.153. The molecule has 1 N–H and O–H groups in total. The highest BCUT2D eigenvalue weighted by atomic mass is 16.5. The van der Waals surface area contributed by atoms with Crippen molar-refractivity contribution in [2.45, 2.75) is 19.8 Å². The second-order valence-corrected chi connectivity index (χ2v) is 3.58. The molecule has 1 unspecified atom stereocenters. The molecule has 0 fully saturated rings. The molecule has 0 heterocycles. The Kier molecular flexibility index (Phi) is 3.68. The third kappa shape index (κ3) is 3.20. The van der Waals surface area contributed by atoms with Gasteiger partial charge >= 0.3 is 5.97 Å². The van der Waals surface area contributed by atoms with Gasteiger partial charge in [-0.1, -0.05) is 6.92 Å². The van der Waals surface area contributed by atoms with Crippen LogP contribution in [0.15, 0.2) is 11.8 Å². The molecule has 0 amide bonds. The number of carbonyl (C=O) groups is 2. The number of methoxy groups -OCH3 is 1.